The number of carbonyl (C=O) groups is 2. The third-order valence-electron chi connectivity index (χ3n) is 2.98. The van der Waals surface area contributed by atoms with Crippen molar-refractivity contribution < 1.29 is 14.7 Å². The number of rotatable bonds is 2. The maximum Gasteiger partial charge on any atom is 0.333 e. The standard InChI is InChI=1S/C13H12ClNO3/c1-7-12(13(17)18)9(6-11(16)15-7)8-4-2-3-5-10(8)14/h2-5,9H,6H2,1H3,(H,15,16)(H,17,18). The van der Waals surface area contributed by atoms with E-state index < -0.39 is 11.9 Å². The Morgan fingerprint density at radius 1 is 1.44 bits per heavy atom. The summed E-state index contributed by atoms with van der Waals surface area (Å²) in [4.78, 5) is 22.9. The number of aliphatic carboxylic acids is 1. The summed E-state index contributed by atoms with van der Waals surface area (Å²) < 4.78 is 0. The SMILES string of the molecule is CC1=C(C(=O)O)C(c2ccccc2Cl)CC(=O)N1. The number of halogens is 1. The van der Waals surface area contributed by atoms with E-state index in [1.54, 1.807) is 31.2 Å². The van der Waals surface area contributed by atoms with Crippen LogP contribution in [0.2, 0.25) is 5.02 Å². The van der Waals surface area contributed by atoms with E-state index in [-0.39, 0.29) is 17.9 Å². The number of carboxylic acid groups (broad SMARTS) is 1. The van der Waals surface area contributed by atoms with E-state index in [4.69, 9.17) is 11.6 Å². The van der Waals surface area contributed by atoms with E-state index in [1.807, 2.05) is 0 Å². The molecule has 94 valence electrons. The molecule has 1 atom stereocenters. The molecular weight excluding hydrogens is 254 g/mol. The number of benzene rings is 1. The first kappa shape index (κ1) is 12.6. The third-order valence-corrected chi connectivity index (χ3v) is 3.32. The number of amides is 1. The highest BCUT2D eigenvalue weighted by atomic mass is 35.5. The topological polar surface area (TPSA) is 66.4 Å². The van der Waals surface area contributed by atoms with Gasteiger partial charge in [-0.1, -0.05) is 29.8 Å². The minimum Gasteiger partial charge on any atom is -0.478 e. The van der Waals surface area contributed by atoms with E-state index in [9.17, 15) is 14.7 Å². The van der Waals surface area contributed by atoms with Gasteiger partial charge in [-0.25, -0.2) is 4.79 Å². The van der Waals surface area contributed by atoms with Crippen molar-refractivity contribution in [3.05, 3.63) is 46.1 Å². The quantitative estimate of drug-likeness (QED) is 0.862. The predicted molar refractivity (Wildman–Crippen MR) is 67.3 cm³/mol. The van der Waals surface area contributed by atoms with Crippen molar-refractivity contribution in [1.29, 1.82) is 0 Å². The van der Waals surface area contributed by atoms with Gasteiger partial charge in [0.1, 0.15) is 0 Å². The minimum atomic E-state index is -1.03. The summed E-state index contributed by atoms with van der Waals surface area (Å²) in [6, 6.07) is 6.99. The number of carboxylic acids is 1. The fourth-order valence-corrected chi connectivity index (χ4v) is 2.48. The van der Waals surface area contributed by atoms with Crippen LogP contribution in [0.25, 0.3) is 0 Å². The first-order valence-corrected chi connectivity index (χ1v) is 5.87. The van der Waals surface area contributed by atoms with Gasteiger partial charge in [-0.05, 0) is 18.6 Å². The number of carbonyl (C=O) groups excluding carboxylic acids is 1. The summed E-state index contributed by atoms with van der Waals surface area (Å²) in [7, 11) is 0. The zero-order valence-corrected chi connectivity index (χ0v) is 10.5. The normalized spacial score (nSPS) is 19.7. The Balaban J connectivity index is 2.54. The van der Waals surface area contributed by atoms with Gasteiger partial charge in [0.25, 0.3) is 0 Å². The van der Waals surface area contributed by atoms with Crippen molar-refractivity contribution in [2.75, 3.05) is 0 Å². The first-order chi connectivity index (χ1) is 8.50. The van der Waals surface area contributed by atoms with Crippen LogP contribution in [0.4, 0.5) is 0 Å². The number of nitrogens with one attached hydrogen (secondary N) is 1. The molecule has 0 aliphatic carbocycles. The lowest BCUT2D eigenvalue weighted by atomic mass is 9.84. The molecule has 1 aliphatic heterocycles. The number of allylic oxidation sites excluding steroid dienone is 1. The zero-order valence-electron chi connectivity index (χ0n) is 9.74. The highest BCUT2D eigenvalue weighted by Crippen LogP contribution is 2.36. The average molecular weight is 266 g/mol. The third kappa shape index (κ3) is 2.24. The van der Waals surface area contributed by atoms with E-state index in [1.165, 1.54) is 0 Å². The van der Waals surface area contributed by atoms with Crippen molar-refractivity contribution in [2.24, 2.45) is 0 Å². The molecule has 1 heterocycles. The maximum absolute atomic E-state index is 11.6. The molecule has 4 nitrogen and oxygen atoms in total. The van der Waals surface area contributed by atoms with E-state index in [0.29, 0.717) is 16.3 Å². The number of hydrogen-bond donors (Lipinski definition) is 2. The van der Waals surface area contributed by atoms with Crippen molar-refractivity contribution in [1.82, 2.24) is 5.32 Å². The fraction of sp³-hybridized carbons (Fsp3) is 0.231. The molecule has 0 saturated heterocycles. The summed E-state index contributed by atoms with van der Waals surface area (Å²) in [5, 5.41) is 12.3. The molecule has 0 radical (unpaired) electrons. The van der Waals surface area contributed by atoms with Gasteiger partial charge in [-0.3, -0.25) is 4.79 Å². The molecule has 0 fully saturated rings. The Labute approximate surface area is 109 Å². The van der Waals surface area contributed by atoms with Gasteiger partial charge in [0.15, 0.2) is 0 Å². The van der Waals surface area contributed by atoms with Crippen molar-refractivity contribution in [3.8, 4) is 0 Å². The molecule has 1 amide bonds. The van der Waals surface area contributed by atoms with Crippen LogP contribution < -0.4 is 5.32 Å². The molecule has 0 aromatic heterocycles. The summed E-state index contributed by atoms with van der Waals surface area (Å²) in [5.74, 6) is -1.72. The van der Waals surface area contributed by atoms with Gasteiger partial charge >= 0.3 is 5.97 Å². The van der Waals surface area contributed by atoms with Gasteiger partial charge < -0.3 is 10.4 Å². The Morgan fingerprint density at radius 2 is 2.11 bits per heavy atom. The highest BCUT2D eigenvalue weighted by Gasteiger charge is 2.32. The van der Waals surface area contributed by atoms with Crippen molar-refractivity contribution >= 4 is 23.5 Å². The zero-order chi connectivity index (χ0) is 13.3. The second-order valence-corrected chi connectivity index (χ2v) is 4.58. The van der Waals surface area contributed by atoms with Gasteiger partial charge in [0, 0.05) is 23.1 Å². The fourth-order valence-electron chi connectivity index (χ4n) is 2.21. The Hall–Kier alpha value is -1.81. The highest BCUT2D eigenvalue weighted by molar-refractivity contribution is 6.31. The second kappa shape index (κ2) is 4.82. The molecule has 5 heteroatoms. The molecule has 18 heavy (non-hydrogen) atoms. The minimum absolute atomic E-state index is 0.0999. The molecule has 2 N–H and O–H groups in total. The van der Waals surface area contributed by atoms with Crippen LogP contribution >= 0.6 is 11.6 Å². The summed E-state index contributed by atoms with van der Waals surface area (Å²) in [6.07, 6.45) is 0.0999. The number of hydrogen-bond acceptors (Lipinski definition) is 2. The van der Waals surface area contributed by atoms with Gasteiger partial charge in [-0.15, -0.1) is 0 Å². The van der Waals surface area contributed by atoms with E-state index in [2.05, 4.69) is 5.32 Å². The van der Waals surface area contributed by atoms with Crippen LogP contribution in [0.3, 0.4) is 0 Å². The summed E-state index contributed by atoms with van der Waals surface area (Å²) >= 11 is 6.08. The van der Waals surface area contributed by atoms with E-state index >= 15 is 0 Å². The molecule has 1 aromatic rings. The van der Waals surface area contributed by atoms with Crippen LogP contribution in [-0.2, 0) is 9.59 Å². The summed E-state index contributed by atoms with van der Waals surface area (Å²) in [5.41, 5.74) is 1.25. The Morgan fingerprint density at radius 3 is 2.72 bits per heavy atom. The molecule has 2 rings (SSSR count). The molecule has 1 aromatic carbocycles. The Bertz CT molecular complexity index is 551. The molecule has 1 aliphatic rings. The summed E-state index contributed by atoms with van der Waals surface area (Å²) in [6.45, 7) is 1.59. The van der Waals surface area contributed by atoms with Crippen LogP contribution in [0.5, 0.6) is 0 Å². The maximum atomic E-state index is 11.6. The van der Waals surface area contributed by atoms with Crippen LogP contribution in [-0.4, -0.2) is 17.0 Å². The van der Waals surface area contributed by atoms with Gasteiger partial charge in [-0.2, -0.15) is 0 Å². The lowest BCUT2D eigenvalue weighted by Crippen LogP contribution is -2.33. The smallest absolute Gasteiger partial charge is 0.333 e. The van der Waals surface area contributed by atoms with Gasteiger partial charge in [0.05, 0.1) is 5.57 Å². The van der Waals surface area contributed by atoms with Crippen LogP contribution in [0.1, 0.15) is 24.8 Å². The van der Waals surface area contributed by atoms with Crippen LogP contribution in [0, 0.1) is 0 Å². The molecule has 1 unspecified atom stereocenters. The first-order valence-electron chi connectivity index (χ1n) is 5.49. The predicted octanol–water partition coefficient (Wildman–Crippen LogP) is 2.30. The average Bonchev–Trinajstić information content (AvgIpc) is 2.27. The largest absolute Gasteiger partial charge is 0.478 e. The monoisotopic (exact) mass is 265 g/mol. The molecular formula is C13H12ClNO3. The van der Waals surface area contributed by atoms with Crippen LogP contribution in [0.15, 0.2) is 35.5 Å². The Kier molecular flexibility index (Phi) is 3.39. The molecule has 0 spiro atoms. The van der Waals surface area contributed by atoms with Gasteiger partial charge in [0.2, 0.25) is 5.91 Å². The lowest BCUT2D eigenvalue weighted by molar-refractivity contribution is -0.133. The second-order valence-electron chi connectivity index (χ2n) is 4.17. The van der Waals surface area contributed by atoms with Crippen molar-refractivity contribution in [3.63, 3.8) is 0 Å². The lowest BCUT2D eigenvalue weighted by Gasteiger charge is -2.25. The van der Waals surface area contributed by atoms with Crippen molar-refractivity contribution in [2.45, 2.75) is 19.3 Å². The molecule has 0 bridgehead atoms. The molecule has 0 saturated carbocycles. The van der Waals surface area contributed by atoms with E-state index in [0.717, 1.165) is 0 Å².